The Bertz CT molecular complexity index is 179. The van der Waals surface area contributed by atoms with Crippen LogP contribution in [0, 0.1) is 0 Å². The number of oxime groups is 1. The summed E-state index contributed by atoms with van der Waals surface area (Å²) in [6.07, 6.45) is 1.73. The summed E-state index contributed by atoms with van der Waals surface area (Å²) in [4.78, 5) is 15.3. The van der Waals surface area contributed by atoms with Gasteiger partial charge in [0.1, 0.15) is 6.10 Å². The van der Waals surface area contributed by atoms with Crippen LogP contribution in [0.4, 0.5) is 0 Å². The van der Waals surface area contributed by atoms with E-state index in [9.17, 15) is 4.79 Å². The smallest absolute Gasteiger partial charge is 0.354 e. The molecule has 1 N–H and O–H groups in total. The van der Waals surface area contributed by atoms with Gasteiger partial charge in [-0.25, -0.2) is 4.79 Å². The van der Waals surface area contributed by atoms with E-state index in [4.69, 9.17) is 9.94 Å². The van der Waals surface area contributed by atoms with Crippen molar-refractivity contribution in [2.75, 3.05) is 12.0 Å². The summed E-state index contributed by atoms with van der Waals surface area (Å²) in [5.74, 6) is -0.660. The second kappa shape index (κ2) is 5.88. The largest absolute Gasteiger partial charge is 0.477 e. The lowest BCUT2D eigenvalue weighted by atomic mass is 10.4. The molecule has 0 fully saturated rings. The molecule has 0 aliphatic heterocycles. The van der Waals surface area contributed by atoms with Crippen molar-refractivity contribution in [3.8, 4) is 0 Å². The maximum Gasteiger partial charge on any atom is 0.354 e. The highest BCUT2D eigenvalue weighted by Crippen LogP contribution is 1.97. The first-order valence-electron chi connectivity index (χ1n) is 3.52. The molecule has 0 aliphatic carbocycles. The highest BCUT2D eigenvalue weighted by atomic mass is 32.2. The van der Waals surface area contributed by atoms with Gasteiger partial charge in [-0.15, -0.1) is 0 Å². The Kier molecular flexibility index (Phi) is 5.53. The number of nitrogens with zero attached hydrogens (tertiary/aromatic N) is 1. The van der Waals surface area contributed by atoms with E-state index in [-0.39, 0.29) is 11.8 Å². The van der Waals surface area contributed by atoms with Gasteiger partial charge < -0.3 is 9.94 Å². The van der Waals surface area contributed by atoms with Crippen molar-refractivity contribution in [1.82, 2.24) is 0 Å². The van der Waals surface area contributed by atoms with Crippen LogP contribution in [-0.4, -0.2) is 34.9 Å². The Labute approximate surface area is 76.0 Å². The van der Waals surface area contributed by atoms with Gasteiger partial charge in [0, 0.05) is 5.75 Å². The normalized spacial score (nSPS) is 11.8. The molecule has 0 atom stereocenters. The van der Waals surface area contributed by atoms with Crippen LogP contribution in [0.1, 0.15) is 13.8 Å². The van der Waals surface area contributed by atoms with E-state index in [1.807, 2.05) is 6.26 Å². The number of thioether (sulfide) groups is 1. The van der Waals surface area contributed by atoms with Gasteiger partial charge in [-0.05, 0) is 20.1 Å². The molecule has 0 rings (SSSR count). The van der Waals surface area contributed by atoms with Crippen molar-refractivity contribution in [1.29, 1.82) is 0 Å². The SMILES string of the molecule is CSCC(=NOC(C)C)C(=O)O. The second-order valence-electron chi connectivity index (χ2n) is 2.43. The summed E-state index contributed by atoms with van der Waals surface area (Å²) >= 11 is 1.40. The molecule has 0 aromatic rings. The molecule has 0 aromatic carbocycles. The zero-order chi connectivity index (χ0) is 9.56. The summed E-state index contributed by atoms with van der Waals surface area (Å²) in [7, 11) is 0. The number of hydrogen-bond acceptors (Lipinski definition) is 4. The summed E-state index contributed by atoms with van der Waals surface area (Å²) in [5, 5.41) is 12.1. The van der Waals surface area contributed by atoms with E-state index in [1.165, 1.54) is 11.8 Å². The molecule has 0 amide bonds. The van der Waals surface area contributed by atoms with Gasteiger partial charge >= 0.3 is 5.97 Å². The van der Waals surface area contributed by atoms with Crippen LogP contribution in [0.3, 0.4) is 0 Å². The molecule has 0 saturated heterocycles. The highest BCUT2D eigenvalue weighted by Gasteiger charge is 2.09. The number of carbonyl (C=O) groups is 1. The Morgan fingerprint density at radius 3 is 2.58 bits per heavy atom. The molecular weight excluding hydrogens is 178 g/mol. The average Bonchev–Trinajstić information content (AvgIpc) is 1.96. The quantitative estimate of drug-likeness (QED) is 0.524. The monoisotopic (exact) mass is 191 g/mol. The fraction of sp³-hybridized carbons (Fsp3) is 0.714. The summed E-state index contributed by atoms with van der Waals surface area (Å²) in [6, 6.07) is 0. The first-order valence-corrected chi connectivity index (χ1v) is 4.92. The Balaban J connectivity index is 4.09. The first kappa shape index (κ1) is 11.3. The molecule has 0 aromatic heterocycles. The molecule has 0 spiro atoms. The fourth-order valence-corrected chi connectivity index (χ4v) is 0.883. The Morgan fingerprint density at radius 1 is 1.67 bits per heavy atom. The first-order chi connectivity index (χ1) is 5.57. The third kappa shape index (κ3) is 5.01. The third-order valence-corrected chi connectivity index (χ3v) is 1.46. The maximum absolute atomic E-state index is 10.5. The topological polar surface area (TPSA) is 58.9 Å². The predicted octanol–water partition coefficient (Wildman–Crippen LogP) is 1.22. The van der Waals surface area contributed by atoms with E-state index >= 15 is 0 Å². The lowest BCUT2D eigenvalue weighted by Gasteiger charge is -2.03. The van der Waals surface area contributed by atoms with Crippen LogP contribution in [0.25, 0.3) is 0 Å². The van der Waals surface area contributed by atoms with Crippen LogP contribution in [0.2, 0.25) is 0 Å². The Hall–Kier alpha value is -0.710. The number of aliphatic carboxylic acids is 1. The lowest BCUT2D eigenvalue weighted by Crippen LogP contribution is -2.17. The molecule has 0 radical (unpaired) electrons. The minimum atomic E-state index is -1.02. The van der Waals surface area contributed by atoms with Crippen LogP contribution in [0.15, 0.2) is 5.16 Å². The van der Waals surface area contributed by atoms with Gasteiger partial charge in [0.2, 0.25) is 0 Å². The van der Waals surface area contributed by atoms with Gasteiger partial charge in [-0.1, -0.05) is 5.16 Å². The van der Waals surface area contributed by atoms with Crippen molar-refractivity contribution in [3.63, 3.8) is 0 Å². The second-order valence-corrected chi connectivity index (χ2v) is 3.30. The minimum absolute atomic E-state index is 0.0520. The number of carboxylic acids is 1. The molecule has 5 heteroatoms. The Morgan fingerprint density at radius 2 is 2.25 bits per heavy atom. The average molecular weight is 191 g/mol. The standard InChI is InChI=1S/C7H13NO3S/c1-5(2)11-8-6(4-12-3)7(9)10/h5H,4H2,1-3H3,(H,9,10). The number of carboxylic acid groups (broad SMARTS) is 1. The zero-order valence-corrected chi connectivity index (χ0v) is 8.22. The van der Waals surface area contributed by atoms with E-state index in [0.717, 1.165) is 0 Å². The van der Waals surface area contributed by atoms with Crippen molar-refractivity contribution < 1.29 is 14.7 Å². The molecular formula is C7H13NO3S. The summed E-state index contributed by atoms with van der Waals surface area (Å²) in [5.41, 5.74) is 0.0520. The fourth-order valence-electron chi connectivity index (χ4n) is 0.433. The van der Waals surface area contributed by atoms with Crippen molar-refractivity contribution in [2.45, 2.75) is 20.0 Å². The van der Waals surface area contributed by atoms with E-state index < -0.39 is 5.97 Å². The molecule has 4 nitrogen and oxygen atoms in total. The van der Waals surface area contributed by atoms with Crippen LogP contribution >= 0.6 is 11.8 Å². The minimum Gasteiger partial charge on any atom is -0.477 e. The lowest BCUT2D eigenvalue weighted by molar-refractivity contribution is -0.129. The number of hydrogen-bond donors (Lipinski definition) is 1. The van der Waals surface area contributed by atoms with Gasteiger partial charge in [0.15, 0.2) is 5.71 Å². The molecule has 0 unspecified atom stereocenters. The predicted molar refractivity (Wildman–Crippen MR) is 49.7 cm³/mol. The molecule has 12 heavy (non-hydrogen) atoms. The molecule has 0 bridgehead atoms. The molecule has 0 aliphatic rings. The van der Waals surface area contributed by atoms with Crippen molar-refractivity contribution in [2.24, 2.45) is 5.16 Å². The number of rotatable bonds is 5. The van der Waals surface area contributed by atoms with Crippen molar-refractivity contribution in [3.05, 3.63) is 0 Å². The van der Waals surface area contributed by atoms with E-state index in [0.29, 0.717) is 5.75 Å². The molecule has 0 heterocycles. The van der Waals surface area contributed by atoms with Crippen LogP contribution in [0.5, 0.6) is 0 Å². The van der Waals surface area contributed by atoms with Gasteiger partial charge in [-0.2, -0.15) is 11.8 Å². The zero-order valence-electron chi connectivity index (χ0n) is 7.40. The van der Waals surface area contributed by atoms with E-state index in [1.54, 1.807) is 13.8 Å². The van der Waals surface area contributed by atoms with Gasteiger partial charge in [0.05, 0.1) is 0 Å². The summed E-state index contributed by atoms with van der Waals surface area (Å²) in [6.45, 7) is 3.59. The molecule has 0 saturated carbocycles. The van der Waals surface area contributed by atoms with Crippen LogP contribution < -0.4 is 0 Å². The third-order valence-electron chi connectivity index (χ3n) is 0.902. The van der Waals surface area contributed by atoms with Crippen molar-refractivity contribution >= 4 is 23.4 Å². The maximum atomic E-state index is 10.5. The molecule has 70 valence electrons. The highest BCUT2D eigenvalue weighted by molar-refractivity contribution is 7.99. The van der Waals surface area contributed by atoms with Crippen LogP contribution in [-0.2, 0) is 9.63 Å². The summed E-state index contributed by atoms with van der Waals surface area (Å²) < 4.78 is 0. The van der Waals surface area contributed by atoms with E-state index in [2.05, 4.69) is 5.16 Å². The van der Waals surface area contributed by atoms with Gasteiger partial charge in [-0.3, -0.25) is 0 Å². The van der Waals surface area contributed by atoms with Gasteiger partial charge in [0.25, 0.3) is 0 Å².